The van der Waals surface area contributed by atoms with Crippen LogP contribution < -0.4 is 10.3 Å². The maximum absolute atomic E-state index is 13.2. The lowest BCUT2D eigenvalue weighted by Crippen LogP contribution is -2.31. The van der Waals surface area contributed by atoms with E-state index in [2.05, 4.69) is 4.74 Å². The number of aryl methyl sites for hydroxylation is 1. The van der Waals surface area contributed by atoms with Crippen molar-refractivity contribution in [1.29, 1.82) is 0 Å². The maximum atomic E-state index is 13.2. The van der Waals surface area contributed by atoms with Gasteiger partial charge in [0.15, 0.2) is 0 Å². The molecular formula is C15H9F6NO4. The summed E-state index contributed by atoms with van der Waals surface area (Å²) in [5, 5.41) is 8.94. The first-order chi connectivity index (χ1) is 11.8. The predicted octanol–water partition coefficient (Wildman–Crippen LogP) is 3.76. The zero-order valence-electron chi connectivity index (χ0n) is 12.8. The van der Waals surface area contributed by atoms with Gasteiger partial charge in [-0.05, 0) is 30.7 Å². The molecule has 2 aromatic rings. The Morgan fingerprint density at radius 3 is 2.19 bits per heavy atom. The average molecular weight is 381 g/mol. The molecule has 0 saturated carbocycles. The van der Waals surface area contributed by atoms with Crippen LogP contribution in [0.3, 0.4) is 0 Å². The van der Waals surface area contributed by atoms with Crippen LogP contribution in [0.25, 0.3) is 5.69 Å². The molecule has 0 aliphatic rings. The summed E-state index contributed by atoms with van der Waals surface area (Å²) < 4.78 is 80.4. The maximum Gasteiger partial charge on any atom is 0.573 e. The molecule has 1 aromatic carbocycles. The number of benzene rings is 1. The van der Waals surface area contributed by atoms with Crippen molar-refractivity contribution in [3.8, 4) is 11.4 Å². The Bertz CT molecular complexity index is 914. The zero-order valence-corrected chi connectivity index (χ0v) is 12.8. The van der Waals surface area contributed by atoms with E-state index in [1.807, 2.05) is 0 Å². The van der Waals surface area contributed by atoms with E-state index in [1.54, 1.807) is 0 Å². The van der Waals surface area contributed by atoms with Gasteiger partial charge in [-0.1, -0.05) is 6.07 Å². The smallest absolute Gasteiger partial charge is 0.477 e. The molecule has 11 heteroatoms. The van der Waals surface area contributed by atoms with Crippen LogP contribution >= 0.6 is 0 Å². The molecular weight excluding hydrogens is 372 g/mol. The van der Waals surface area contributed by atoms with Gasteiger partial charge in [0.25, 0.3) is 5.56 Å². The van der Waals surface area contributed by atoms with Crippen LogP contribution in [0.2, 0.25) is 0 Å². The molecule has 0 unspecified atom stereocenters. The van der Waals surface area contributed by atoms with Crippen molar-refractivity contribution in [3.63, 3.8) is 0 Å². The lowest BCUT2D eigenvalue weighted by molar-refractivity contribution is -0.274. The predicted molar refractivity (Wildman–Crippen MR) is 75.4 cm³/mol. The topological polar surface area (TPSA) is 68.5 Å². The summed E-state index contributed by atoms with van der Waals surface area (Å²) in [6, 6.07) is 3.28. The Morgan fingerprint density at radius 2 is 1.69 bits per heavy atom. The van der Waals surface area contributed by atoms with Crippen LogP contribution in [0.15, 0.2) is 35.1 Å². The van der Waals surface area contributed by atoms with Crippen molar-refractivity contribution in [1.82, 2.24) is 4.57 Å². The van der Waals surface area contributed by atoms with Gasteiger partial charge >= 0.3 is 18.5 Å². The Kier molecular flexibility index (Phi) is 4.75. The van der Waals surface area contributed by atoms with Gasteiger partial charge in [-0.2, -0.15) is 13.2 Å². The Balaban J connectivity index is 2.82. The van der Waals surface area contributed by atoms with Gasteiger partial charge in [0.05, 0.1) is 5.69 Å². The third-order valence-corrected chi connectivity index (χ3v) is 3.26. The third kappa shape index (κ3) is 3.98. The van der Waals surface area contributed by atoms with Gasteiger partial charge in [-0.15, -0.1) is 13.2 Å². The molecule has 1 N–H and O–H groups in total. The second-order valence-electron chi connectivity index (χ2n) is 5.07. The van der Waals surface area contributed by atoms with Crippen molar-refractivity contribution in [2.75, 3.05) is 0 Å². The Hall–Kier alpha value is -2.98. The minimum atomic E-state index is -5.10. The standard InChI is InChI=1S/C15H9F6NO4/c1-7-2-3-8(26-15(19,20)21)6-10(7)22-11(14(16,17)18)5-4-9(12(22)23)13(24)25/h2-6H,1H3,(H,24,25). The molecule has 140 valence electrons. The SMILES string of the molecule is Cc1ccc(OC(F)(F)F)cc1-n1c(C(F)(F)F)ccc(C(=O)O)c1=O. The summed E-state index contributed by atoms with van der Waals surface area (Å²) in [5.74, 6) is -2.64. The van der Waals surface area contributed by atoms with Crippen molar-refractivity contribution < 1.29 is 41.0 Å². The molecule has 0 fully saturated rings. The monoisotopic (exact) mass is 381 g/mol. The largest absolute Gasteiger partial charge is 0.573 e. The minimum Gasteiger partial charge on any atom is -0.477 e. The highest BCUT2D eigenvalue weighted by Crippen LogP contribution is 2.32. The number of hydrogen-bond donors (Lipinski definition) is 1. The number of carboxylic acids is 1. The molecule has 0 amide bonds. The Morgan fingerprint density at radius 1 is 1.08 bits per heavy atom. The molecule has 0 atom stereocenters. The third-order valence-electron chi connectivity index (χ3n) is 3.26. The lowest BCUT2D eigenvalue weighted by atomic mass is 10.1. The summed E-state index contributed by atoms with van der Waals surface area (Å²) in [6.45, 7) is 1.24. The minimum absolute atomic E-state index is 0.00200. The fraction of sp³-hybridized carbons (Fsp3) is 0.200. The fourth-order valence-corrected chi connectivity index (χ4v) is 2.19. The van der Waals surface area contributed by atoms with Gasteiger partial charge in [0.2, 0.25) is 0 Å². The highest BCUT2D eigenvalue weighted by molar-refractivity contribution is 5.87. The number of carboxylic acid groups (broad SMARTS) is 1. The summed E-state index contributed by atoms with van der Waals surface area (Å²) in [7, 11) is 0. The highest BCUT2D eigenvalue weighted by Gasteiger charge is 2.36. The van der Waals surface area contributed by atoms with Crippen LogP contribution in [-0.4, -0.2) is 22.0 Å². The highest BCUT2D eigenvalue weighted by atomic mass is 19.4. The molecule has 1 aromatic heterocycles. The van der Waals surface area contributed by atoms with Crippen LogP contribution in [0.1, 0.15) is 21.6 Å². The number of aromatic carboxylic acids is 1. The van der Waals surface area contributed by atoms with Crippen LogP contribution in [0, 0.1) is 6.92 Å². The number of ether oxygens (including phenoxy) is 1. The van der Waals surface area contributed by atoms with Gasteiger partial charge in [-0.25, -0.2) is 4.79 Å². The molecule has 5 nitrogen and oxygen atoms in total. The summed E-state index contributed by atoms with van der Waals surface area (Å²) in [5.41, 5.74) is -4.65. The zero-order chi connectivity index (χ0) is 19.9. The molecule has 0 radical (unpaired) electrons. The molecule has 0 aliphatic heterocycles. The van der Waals surface area contributed by atoms with Gasteiger partial charge in [0, 0.05) is 6.07 Å². The number of halogens is 6. The molecule has 0 saturated heterocycles. The van der Waals surface area contributed by atoms with E-state index in [1.165, 1.54) is 6.92 Å². The van der Waals surface area contributed by atoms with E-state index >= 15 is 0 Å². The van der Waals surface area contributed by atoms with Crippen molar-refractivity contribution in [2.24, 2.45) is 0 Å². The number of aromatic nitrogens is 1. The van der Waals surface area contributed by atoms with Gasteiger partial charge < -0.3 is 9.84 Å². The van der Waals surface area contributed by atoms with E-state index in [0.717, 1.165) is 12.1 Å². The van der Waals surface area contributed by atoms with Crippen LogP contribution in [0.5, 0.6) is 5.75 Å². The van der Waals surface area contributed by atoms with Crippen molar-refractivity contribution in [2.45, 2.75) is 19.5 Å². The quantitative estimate of drug-likeness (QED) is 0.823. The Labute approximate surface area is 141 Å². The van der Waals surface area contributed by atoms with E-state index in [0.29, 0.717) is 18.2 Å². The molecule has 2 rings (SSSR count). The molecule has 1 heterocycles. The first kappa shape index (κ1) is 19.3. The lowest BCUT2D eigenvalue weighted by Gasteiger charge is -2.19. The normalized spacial score (nSPS) is 12.1. The van der Waals surface area contributed by atoms with Crippen LogP contribution in [0.4, 0.5) is 26.3 Å². The number of nitrogens with zero attached hydrogens (tertiary/aromatic N) is 1. The summed E-state index contributed by atoms with van der Waals surface area (Å²) in [4.78, 5) is 23.3. The van der Waals surface area contributed by atoms with Crippen molar-refractivity contribution in [3.05, 3.63) is 57.5 Å². The summed E-state index contributed by atoms with van der Waals surface area (Å²) in [6.07, 6.45) is -10.2. The number of pyridine rings is 1. The first-order valence-electron chi connectivity index (χ1n) is 6.74. The molecule has 26 heavy (non-hydrogen) atoms. The van der Waals surface area contributed by atoms with Gasteiger partial charge in [0.1, 0.15) is 17.0 Å². The fourth-order valence-electron chi connectivity index (χ4n) is 2.19. The first-order valence-corrected chi connectivity index (χ1v) is 6.74. The molecule has 0 spiro atoms. The number of alkyl halides is 6. The second kappa shape index (κ2) is 6.39. The number of rotatable bonds is 3. The van der Waals surface area contributed by atoms with E-state index in [9.17, 15) is 35.9 Å². The average Bonchev–Trinajstić information content (AvgIpc) is 2.46. The molecule has 0 bridgehead atoms. The van der Waals surface area contributed by atoms with Crippen molar-refractivity contribution >= 4 is 5.97 Å². The molecule has 0 aliphatic carbocycles. The number of carbonyl (C=O) groups is 1. The number of hydrogen-bond acceptors (Lipinski definition) is 3. The van der Waals surface area contributed by atoms with E-state index in [4.69, 9.17) is 5.11 Å². The van der Waals surface area contributed by atoms with Gasteiger partial charge in [-0.3, -0.25) is 9.36 Å². The van der Waals surface area contributed by atoms with E-state index < -0.39 is 46.8 Å². The summed E-state index contributed by atoms with van der Waals surface area (Å²) >= 11 is 0. The second-order valence-corrected chi connectivity index (χ2v) is 5.07. The van der Waals surface area contributed by atoms with Crippen LogP contribution in [-0.2, 0) is 6.18 Å². The van der Waals surface area contributed by atoms with E-state index in [-0.39, 0.29) is 10.1 Å².